The van der Waals surface area contributed by atoms with Crippen LogP contribution >= 0.6 is 22.9 Å². The summed E-state index contributed by atoms with van der Waals surface area (Å²) in [7, 11) is 5.57. The second-order valence-corrected chi connectivity index (χ2v) is 6.11. The maximum atomic E-state index is 5.90. The molecule has 2 N–H and O–H groups in total. The summed E-state index contributed by atoms with van der Waals surface area (Å²) in [5.41, 5.74) is 0. The summed E-state index contributed by atoms with van der Waals surface area (Å²) in [6.07, 6.45) is 0.884. The summed E-state index contributed by atoms with van der Waals surface area (Å²) in [5, 5.41) is 6.14. The van der Waals surface area contributed by atoms with Gasteiger partial charge in [-0.3, -0.25) is 0 Å². The summed E-state index contributed by atoms with van der Waals surface area (Å²) in [4.78, 5) is 16.0. The first-order valence-electron chi connectivity index (χ1n) is 6.17. The van der Waals surface area contributed by atoms with E-state index in [1.165, 1.54) is 4.88 Å². The second-order valence-electron chi connectivity index (χ2n) is 4.31. The molecule has 0 bridgehead atoms. The monoisotopic (exact) mass is 312 g/mol. The van der Waals surface area contributed by atoms with E-state index in [1.54, 1.807) is 18.4 Å². The summed E-state index contributed by atoms with van der Waals surface area (Å²) < 4.78 is 0.813. The van der Waals surface area contributed by atoms with Gasteiger partial charge in [0, 0.05) is 32.6 Å². The number of nitrogens with zero attached hydrogens (tertiary/aromatic N) is 4. The third-order valence-electron chi connectivity index (χ3n) is 2.53. The molecule has 2 aromatic heterocycles. The van der Waals surface area contributed by atoms with E-state index in [0.717, 1.165) is 17.3 Å². The lowest BCUT2D eigenvalue weighted by Gasteiger charge is -2.13. The van der Waals surface area contributed by atoms with Crippen LogP contribution in [-0.2, 0) is 6.42 Å². The Morgan fingerprint density at radius 2 is 1.95 bits per heavy atom. The molecule has 0 amide bonds. The third-order valence-corrected chi connectivity index (χ3v) is 3.82. The Morgan fingerprint density at radius 3 is 2.55 bits per heavy atom. The molecule has 0 aliphatic heterocycles. The van der Waals surface area contributed by atoms with E-state index in [4.69, 9.17) is 11.6 Å². The van der Waals surface area contributed by atoms with Crippen LogP contribution in [0.2, 0.25) is 4.34 Å². The SMILES string of the molecule is CNc1nc(NCCc2ccc(Cl)s2)nc(N(C)C)n1. The van der Waals surface area contributed by atoms with Gasteiger partial charge in [0.25, 0.3) is 0 Å². The Kier molecular flexibility index (Phi) is 4.97. The van der Waals surface area contributed by atoms with Crippen LogP contribution in [0.4, 0.5) is 17.8 Å². The Hall–Kier alpha value is -1.60. The Labute approximate surface area is 127 Å². The lowest BCUT2D eigenvalue weighted by Crippen LogP contribution is -2.17. The van der Waals surface area contributed by atoms with Gasteiger partial charge in [-0.1, -0.05) is 11.6 Å². The molecule has 8 heteroatoms. The Balaban J connectivity index is 1.99. The van der Waals surface area contributed by atoms with E-state index in [-0.39, 0.29) is 0 Å². The zero-order valence-corrected chi connectivity index (χ0v) is 13.2. The molecule has 0 aliphatic carbocycles. The molecule has 0 aliphatic rings. The van der Waals surface area contributed by atoms with Gasteiger partial charge in [0.05, 0.1) is 4.34 Å². The minimum atomic E-state index is 0.547. The summed E-state index contributed by atoms with van der Waals surface area (Å²) in [6, 6.07) is 3.94. The lowest BCUT2D eigenvalue weighted by atomic mass is 10.3. The van der Waals surface area contributed by atoms with Crippen molar-refractivity contribution in [2.75, 3.05) is 43.2 Å². The van der Waals surface area contributed by atoms with Crippen molar-refractivity contribution in [1.82, 2.24) is 15.0 Å². The number of thiophene rings is 1. The minimum absolute atomic E-state index is 0.547. The first-order valence-corrected chi connectivity index (χ1v) is 7.37. The molecule has 0 saturated carbocycles. The average Bonchev–Trinajstić information content (AvgIpc) is 2.84. The van der Waals surface area contributed by atoms with Crippen LogP contribution in [0.5, 0.6) is 0 Å². The molecule has 0 aromatic carbocycles. The molecule has 2 aromatic rings. The molecule has 6 nitrogen and oxygen atoms in total. The molecular weight excluding hydrogens is 296 g/mol. The van der Waals surface area contributed by atoms with Crippen LogP contribution in [0, 0.1) is 0 Å². The van der Waals surface area contributed by atoms with E-state index < -0.39 is 0 Å². The van der Waals surface area contributed by atoms with Gasteiger partial charge < -0.3 is 15.5 Å². The van der Waals surface area contributed by atoms with Crippen LogP contribution < -0.4 is 15.5 Å². The fraction of sp³-hybridized carbons (Fsp3) is 0.417. The number of hydrogen-bond acceptors (Lipinski definition) is 7. The first-order chi connectivity index (χ1) is 9.58. The summed E-state index contributed by atoms with van der Waals surface area (Å²) >= 11 is 7.49. The molecule has 20 heavy (non-hydrogen) atoms. The standard InChI is InChI=1S/C12H17ClN6S/c1-14-10-16-11(18-12(17-10)19(2)3)15-7-6-8-4-5-9(13)20-8/h4-5H,6-7H2,1-3H3,(H2,14,15,16,17,18). The van der Waals surface area contributed by atoms with Crippen molar-refractivity contribution in [1.29, 1.82) is 0 Å². The topological polar surface area (TPSA) is 66.0 Å². The average molecular weight is 313 g/mol. The number of nitrogens with one attached hydrogen (secondary N) is 2. The lowest BCUT2D eigenvalue weighted by molar-refractivity contribution is 0.935. The van der Waals surface area contributed by atoms with Crippen molar-refractivity contribution in [3.05, 3.63) is 21.3 Å². The van der Waals surface area contributed by atoms with Crippen molar-refractivity contribution in [3.8, 4) is 0 Å². The van der Waals surface area contributed by atoms with E-state index >= 15 is 0 Å². The number of hydrogen-bond donors (Lipinski definition) is 2. The molecule has 0 radical (unpaired) electrons. The minimum Gasteiger partial charge on any atom is -0.357 e. The van der Waals surface area contributed by atoms with Crippen LogP contribution in [0.3, 0.4) is 0 Å². The molecule has 108 valence electrons. The normalized spacial score (nSPS) is 10.4. The second kappa shape index (κ2) is 6.71. The van der Waals surface area contributed by atoms with Crippen LogP contribution in [0.1, 0.15) is 4.88 Å². The Bertz CT molecular complexity index is 571. The molecule has 2 rings (SSSR count). The van der Waals surface area contributed by atoms with Gasteiger partial charge in [-0.25, -0.2) is 0 Å². The molecule has 0 spiro atoms. The zero-order chi connectivity index (χ0) is 14.5. The highest BCUT2D eigenvalue weighted by atomic mass is 35.5. The van der Waals surface area contributed by atoms with Gasteiger partial charge in [-0.15, -0.1) is 11.3 Å². The highest BCUT2D eigenvalue weighted by molar-refractivity contribution is 7.16. The molecular formula is C12H17ClN6S. The quantitative estimate of drug-likeness (QED) is 0.853. The maximum absolute atomic E-state index is 5.90. The fourth-order valence-electron chi connectivity index (χ4n) is 1.54. The van der Waals surface area contributed by atoms with Gasteiger partial charge in [-0.2, -0.15) is 15.0 Å². The maximum Gasteiger partial charge on any atom is 0.231 e. The zero-order valence-electron chi connectivity index (χ0n) is 11.6. The number of rotatable bonds is 6. The highest BCUT2D eigenvalue weighted by Gasteiger charge is 2.07. The molecule has 2 heterocycles. The van der Waals surface area contributed by atoms with Crippen molar-refractivity contribution >= 4 is 40.8 Å². The number of aromatic nitrogens is 3. The van der Waals surface area contributed by atoms with Crippen LogP contribution in [0.15, 0.2) is 12.1 Å². The molecule has 0 atom stereocenters. The third kappa shape index (κ3) is 3.94. The first kappa shape index (κ1) is 14.8. The summed E-state index contributed by atoms with van der Waals surface area (Å²) in [5.74, 6) is 1.73. The predicted molar refractivity (Wildman–Crippen MR) is 85.2 cm³/mol. The van der Waals surface area contributed by atoms with Crippen LogP contribution in [-0.4, -0.2) is 42.6 Å². The van der Waals surface area contributed by atoms with E-state index in [1.807, 2.05) is 31.1 Å². The molecule has 0 unspecified atom stereocenters. The fourth-order valence-corrected chi connectivity index (χ4v) is 2.63. The molecule has 0 saturated heterocycles. The van der Waals surface area contributed by atoms with Crippen molar-refractivity contribution in [3.63, 3.8) is 0 Å². The van der Waals surface area contributed by atoms with E-state index in [9.17, 15) is 0 Å². The smallest absolute Gasteiger partial charge is 0.231 e. The van der Waals surface area contributed by atoms with Gasteiger partial charge in [0.15, 0.2) is 0 Å². The highest BCUT2D eigenvalue weighted by Crippen LogP contribution is 2.21. The van der Waals surface area contributed by atoms with Crippen LogP contribution in [0.25, 0.3) is 0 Å². The largest absolute Gasteiger partial charge is 0.357 e. The summed E-state index contributed by atoms with van der Waals surface area (Å²) in [6.45, 7) is 0.747. The van der Waals surface area contributed by atoms with Crippen molar-refractivity contribution in [2.45, 2.75) is 6.42 Å². The van der Waals surface area contributed by atoms with Gasteiger partial charge >= 0.3 is 0 Å². The Morgan fingerprint density at radius 1 is 1.20 bits per heavy atom. The van der Waals surface area contributed by atoms with Crippen molar-refractivity contribution < 1.29 is 0 Å². The number of halogens is 1. The number of anilines is 3. The van der Waals surface area contributed by atoms with Gasteiger partial charge in [0.2, 0.25) is 17.8 Å². The van der Waals surface area contributed by atoms with E-state index in [2.05, 4.69) is 25.6 Å². The van der Waals surface area contributed by atoms with E-state index in [0.29, 0.717) is 17.8 Å². The van der Waals surface area contributed by atoms with Gasteiger partial charge in [0.1, 0.15) is 0 Å². The van der Waals surface area contributed by atoms with Crippen molar-refractivity contribution in [2.24, 2.45) is 0 Å². The predicted octanol–water partition coefficient (Wildman–Crippen LogP) is 2.35. The van der Waals surface area contributed by atoms with Gasteiger partial charge in [-0.05, 0) is 18.6 Å². The molecule has 0 fully saturated rings.